The van der Waals surface area contributed by atoms with Crippen LogP contribution in [0.15, 0.2) is 15.9 Å². The van der Waals surface area contributed by atoms with Crippen molar-refractivity contribution in [2.45, 2.75) is 24.9 Å². The highest BCUT2D eigenvalue weighted by Crippen LogP contribution is 2.37. The molecule has 122 valence electrons. The van der Waals surface area contributed by atoms with Gasteiger partial charge in [-0.25, -0.2) is 9.18 Å². The molecule has 0 bridgehead atoms. The fourth-order valence-electron chi connectivity index (χ4n) is 2.69. The molecule has 8 heteroatoms. The van der Waals surface area contributed by atoms with Crippen LogP contribution in [-0.4, -0.2) is 23.8 Å². The molecule has 5 nitrogen and oxygen atoms in total. The van der Waals surface area contributed by atoms with E-state index in [0.29, 0.717) is 0 Å². The average Bonchev–Trinajstić information content (AvgIpc) is 2.49. The molecular formula is C15H13F2NO4S. The van der Waals surface area contributed by atoms with Gasteiger partial charge in [-0.1, -0.05) is 0 Å². The fourth-order valence-corrected chi connectivity index (χ4v) is 3.18. The maximum Gasteiger partial charge on any atom is 0.344 e. The van der Waals surface area contributed by atoms with Crippen LogP contribution in [0.4, 0.5) is 8.78 Å². The number of pyridine rings is 1. The quantitative estimate of drug-likeness (QED) is 0.674. The fraction of sp³-hybridized carbons (Fsp3) is 0.333. The molecule has 0 aliphatic carbocycles. The molecule has 0 spiro atoms. The van der Waals surface area contributed by atoms with E-state index in [2.05, 4.69) is 12.6 Å². The Hall–Kier alpha value is -2.09. The number of hydrogen-bond donors (Lipinski definition) is 1. The van der Waals surface area contributed by atoms with Crippen molar-refractivity contribution >= 4 is 29.5 Å². The predicted molar refractivity (Wildman–Crippen MR) is 81.5 cm³/mol. The van der Waals surface area contributed by atoms with Crippen LogP contribution in [0.2, 0.25) is 0 Å². The number of ether oxygens (including phenoxy) is 2. The van der Waals surface area contributed by atoms with E-state index in [-0.39, 0.29) is 46.5 Å². The van der Waals surface area contributed by atoms with Crippen molar-refractivity contribution in [1.29, 1.82) is 0 Å². The van der Waals surface area contributed by atoms with E-state index in [1.807, 2.05) is 0 Å². The van der Waals surface area contributed by atoms with Gasteiger partial charge in [-0.15, -0.1) is 12.6 Å². The molecule has 23 heavy (non-hydrogen) atoms. The largest absolute Gasteiger partial charge is 0.486 e. The van der Waals surface area contributed by atoms with Crippen LogP contribution in [0.25, 0.3) is 10.9 Å². The first-order valence-corrected chi connectivity index (χ1v) is 7.42. The number of thiol groups is 1. The van der Waals surface area contributed by atoms with Crippen molar-refractivity contribution in [3.8, 4) is 5.75 Å². The van der Waals surface area contributed by atoms with Gasteiger partial charge in [0.05, 0.1) is 28.6 Å². The Labute approximate surface area is 135 Å². The zero-order valence-electron chi connectivity index (χ0n) is 12.4. The Morgan fingerprint density at radius 2 is 2.22 bits per heavy atom. The molecule has 0 saturated heterocycles. The first-order valence-electron chi connectivity index (χ1n) is 6.97. The third-order valence-electron chi connectivity index (χ3n) is 3.70. The van der Waals surface area contributed by atoms with Crippen molar-refractivity contribution in [3.05, 3.63) is 33.5 Å². The molecule has 1 unspecified atom stereocenters. The van der Waals surface area contributed by atoms with E-state index < -0.39 is 23.0 Å². The van der Waals surface area contributed by atoms with Crippen LogP contribution in [0.5, 0.6) is 5.75 Å². The van der Waals surface area contributed by atoms with Crippen LogP contribution in [-0.2, 0) is 4.74 Å². The summed E-state index contributed by atoms with van der Waals surface area (Å²) in [5, 5.41) is -0.102. The molecule has 1 aliphatic heterocycles. The zero-order valence-corrected chi connectivity index (χ0v) is 13.2. The highest BCUT2D eigenvalue weighted by atomic mass is 32.1. The van der Waals surface area contributed by atoms with Gasteiger partial charge in [0, 0.05) is 0 Å². The second-order valence-electron chi connectivity index (χ2n) is 5.18. The Morgan fingerprint density at radius 3 is 2.87 bits per heavy atom. The van der Waals surface area contributed by atoms with Crippen molar-refractivity contribution in [3.63, 3.8) is 0 Å². The number of halogens is 2. The molecule has 3 rings (SSSR count). The maximum atomic E-state index is 14.0. The molecule has 0 saturated carbocycles. The van der Waals surface area contributed by atoms with Gasteiger partial charge in [-0.2, -0.15) is 4.39 Å². The van der Waals surface area contributed by atoms with Crippen LogP contribution < -0.4 is 10.2 Å². The summed E-state index contributed by atoms with van der Waals surface area (Å²) in [6.07, 6.45) is 0. The lowest BCUT2D eigenvalue weighted by molar-refractivity contribution is 0.0518. The smallest absolute Gasteiger partial charge is 0.344 e. The van der Waals surface area contributed by atoms with Gasteiger partial charge < -0.3 is 14.0 Å². The molecule has 2 aromatic rings. The predicted octanol–water partition coefficient (Wildman–Crippen LogP) is 2.70. The van der Waals surface area contributed by atoms with Gasteiger partial charge in [0.25, 0.3) is 0 Å². The Kier molecular flexibility index (Phi) is 3.79. The number of aromatic nitrogens is 1. The van der Waals surface area contributed by atoms with Gasteiger partial charge in [-0.3, -0.25) is 4.79 Å². The van der Waals surface area contributed by atoms with Crippen LogP contribution in [0.3, 0.4) is 0 Å². The number of carbonyl (C=O) groups is 1. The number of rotatable bonds is 2. The van der Waals surface area contributed by atoms with Gasteiger partial charge in [0.15, 0.2) is 11.6 Å². The highest BCUT2D eigenvalue weighted by molar-refractivity contribution is 7.80. The average molecular weight is 341 g/mol. The lowest BCUT2D eigenvalue weighted by atomic mass is 10.1. The molecule has 1 aromatic carbocycles. The van der Waals surface area contributed by atoms with Crippen molar-refractivity contribution < 1.29 is 23.0 Å². The molecule has 1 aliphatic rings. The van der Waals surface area contributed by atoms with Crippen LogP contribution >= 0.6 is 12.6 Å². The molecule has 2 heterocycles. The summed E-state index contributed by atoms with van der Waals surface area (Å²) in [4.78, 5) is 24.6. The second kappa shape index (κ2) is 5.52. The van der Waals surface area contributed by atoms with Crippen LogP contribution in [0.1, 0.15) is 30.2 Å². The summed E-state index contributed by atoms with van der Waals surface area (Å²) in [6, 6.07) is 0.445. The lowest BCUT2D eigenvalue weighted by Gasteiger charge is -2.29. The second-order valence-corrected chi connectivity index (χ2v) is 5.60. The Morgan fingerprint density at radius 1 is 1.52 bits per heavy atom. The van der Waals surface area contributed by atoms with Gasteiger partial charge >= 0.3 is 5.97 Å². The maximum absolute atomic E-state index is 14.0. The van der Waals surface area contributed by atoms with E-state index in [1.54, 1.807) is 13.8 Å². The Balaban J connectivity index is 2.50. The van der Waals surface area contributed by atoms with E-state index in [4.69, 9.17) is 9.47 Å². The Bertz CT molecular complexity index is 894. The van der Waals surface area contributed by atoms with Gasteiger partial charge in [0.2, 0.25) is 11.2 Å². The summed E-state index contributed by atoms with van der Waals surface area (Å²) in [5.74, 6) is -3.58. The summed E-state index contributed by atoms with van der Waals surface area (Å²) < 4.78 is 39.4. The molecule has 0 amide bonds. The number of benzene rings is 1. The molecule has 0 N–H and O–H groups in total. The number of carbonyl (C=O) groups excluding carboxylic acids is 1. The van der Waals surface area contributed by atoms with E-state index >= 15 is 0 Å². The standard InChI is InChI=1S/C15H13F2NO4S/c1-3-21-15(20)9-12(19)7-4-8(16)10(17)13-11(7)18(14(9)23)6(2)5-22-13/h4,6,23H,3,5H2,1-2H3. The van der Waals surface area contributed by atoms with Gasteiger partial charge in [-0.05, 0) is 19.9 Å². The van der Waals surface area contributed by atoms with Crippen molar-refractivity contribution in [2.24, 2.45) is 0 Å². The first kappa shape index (κ1) is 15.8. The molecule has 1 atom stereocenters. The monoisotopic (exact) mass is 341 g/mol. The zero-order chi connectivity index (χ0) is 16.9. The molecular weight excluding hydrogens is 328 g/mol. The van der Waals surface area contributed by atoms with E-state index in [9.17, 15) is 18.4 Å². The van der Waals surface area contributed by atoms with E-state index in [0.717, 1.165) is 6.07 Å². The minimum absolute atomic E-state index is 0.0454. The molecule has 0 radical (unpaired) electrons. The lowest BCUT2D eigenvalue weighted by Crippen LogP contribution is -2.29. The molecule has 1 aromatic heterocycles. The summed E-state index contributed by atoms with van der Waals surface area (Å²) in [7, 11) is 0. The van der Waals surface area contributed by atoms with E-state index in [1.165, 1.54) is 4.57 Å². The number of esters is 1. The van der Waals surface area contributed by atoms with Gasteiger partial charge in [0.1, 0.15) is 12.2 Å². The normalized spacial score (nSPS) is 16.3. The topological polar surface area (TPSA) is 57.5 Å². The highest BCUT2D eigenvalue weighted by Gasteiger charge is 2.31. The third-order valence-corrected chi connectivity index (χ3v) is 4.14. The minimum atomic E-state index is -1.22. The third kappa shape index (κ3) is 2.20. The SMILES string of the molecule is CCOC(=O)c1c(S)n2c3c(c(F)c(F)cc3c1=O)OCC2C. The van der Waals surface area contributed by atoms with Crippen LogP contribution in [0, 0.1) is 11.6 Å². The van der Waals surface area contributed by atoms with Crippen molar-refractivity contribution in [1.82, 2.24) is 4.57 Å². The number of hydrogen-bond acceptors (Lipinski definition) is 5. The number of nitrogens with zero attached hydrogens (tertiary/aromatic N) is 1. The summed E-state index contributed by atoms with van der Waals surface area (Å²) >= 11 is 4.26. The minimum Gasteiger partial charge on any atom is -0.486 e. The molecule has 0 fully saturated rings. The first-order chi connectivity index (χ1) is 10.9. The summed E-state index contributed by atoms with van der Waals surface area (Å²) in [6.45, 7) is 3.48. The van der Waals surface area contributed by atoms with Crippen molar-refractivity contribution in [2.75, 3.05) is 13.2 Å². The summed E-state index contributed by atoms with van der Waals surface area (Å²) in [5.41, 5.74) is -0.975.